The van der Waals surface area contributed by atoms with E-state index in [9.17, 15) is 9.59 Å². The van der Waals surface area contributed by atoms with Crippen LogP contribution in [0.1, 0.15) is 24.1 Å². The van der Waals surface area contributed by atoms with Crippen LogP contribution < -0.4 is 20.1 Å². The second-order valence-corrected chi connectivity index (χ2v) is 7.53. The maximum absolute atomic E-state index is 12.3. The molecule has 152 valence electrons. The molecule has 0 saturated carbocycles. The number of urea groups is 1. The third kappa shape index (κ3) is 4.64. The molecule has 1 aliphatic rings. The Kier molecular flexibility index (Phi) is 6.63. The molecule has 3 rings (SSSR count). The highest BCUT2D eigenvalue weighted by Gasteiger charge is 2.33. The Morgan fingerprint density at radius 3 is 2.55 bits per heavy atom. The van der Waals surface area contributed by atoms with E-state index in [1.165, 1.54) is 7.11 Å². The molecule has 0 bridgehead atoms. The Bertz CT molecular complexity index is 959. The molecule has 0 unspecified atom stereocenters. The fraction of sp³-hybridized carbons (Fsp3) is 0.238. The number of hydrogen-bond donors (Lipinski definition) is 2. The highest BCUT2D eigenvalue weighted by atomic mass is 127. The number of carbonyl (C=O) groups is 2. The maximum Gasteiger partial charge on any atom is 0.337 e. The van der Waals surface area contributed by atoms with Crippen molar-refractivity contribution >= 4 is 34.6 Å². The number of methoxy groups -OCH3 is 2. The summed E-state index contributed by atoms with van der Waals surface area (Å²) in [5.74, 6) is 0.595. The SMILES string of the molecule is COC(=O)C1=C(C)NC(=O)N[C@H]1c1cc(I)c(OCc2ccccc2)c(OC)c1. The van der Waals surface area contributed by atoms with Gasteiger partial charge < -0.3 is 24.8 Å². The average molecular weight is 508 g/mol. The molecular formula is C21H21IN2O5. The van der Waals surface area contributed by atoms with Gasteiger partial charge in [-0.1, -0.05) is 30.3 Å². The Morgan fingerprint density at radius 1 is 1.17 bits per heavy atom. The van der Waals surface area contributed by atoms with Gasteiger partial charge in [0.1, 0.15) is 6.61 Å². The molecule has 0 radical (unpaired) electrons. The molecule has 29 heavy (non-hydrogen) atoms. The third-order valence-electron chi connectivity index (χ3n) is 4.49. The van der Waals surface area contributed by atoms with E-state index >= 15 is 0 Å². The lowest BCUT2D eigenvalue weighted by atomic mass is 9.95. The van der Waals surface area contributed by atoms with E-state index in [-0.39, 0.29) is 0 Å². The first kappa shape index (κ1) is 21.0. The molecule has 0 saturated heterocycles. The molecular weight excluding hydrogens is 487 g/mol. The molecule has 1 heterocycles. The topological polar surface area (TPSA) is 85.9 Å². The summed E-state index contributed by atoms with van der Waals surface area (Å²) in [6, 6.07) is 12.4. The lowest BCUT2D eigenvalue weighted by Gasteiger charge is -2.28. The van der Waals surface area contributed by atoms with E-state index in [0.717, 1.165) is 9.13 Å². The van der Waals surface area contributed by atoms with Crippen molar-refractivity contribution in [3.05, 3.63) is 68.4 Å². The summed E-state index contributed by atoms with van der Waals surface area (Å²) in [6.45, 7) is 2.06. The summed E-state index contributed by atoms with van der Waals surface area (Å²) in [6.07, 6.45) is 0. The first-order chi connectivity index (χ1) is 13.9. The lowest BCUT2D eigenvalue weighted by molar-refractivity contribution is -0.136. The van der Waals surface area contributed by atoms with Crippen molar-refractivity contribution in [2.45, 2.75) is 19.6 Å². The van der Waals surface area contributed by atoms with Crippen molar-refractivity contribution < 1.29 is 23.8 Å². The largest absolute Gasteiger partial charge is 0.493 e. The van der Waals surface area contributed by atoms with Crippen LogP contribution in [0.5, 0.6) is 11.5 Å². The van der Waals surface area contributed by atoms with Crippen molar-refractivity contribution in [3.8, 4) is 11.5 Å². The molecule has 0 spiro atoms. The molecule has 2 amide bonds. The first-order valence-electron chi connectivity index (χ1n) is 8.85. The number of halogens is 1. The van der Waals surface area contributed by atoms with Crippen LogP contribution in [0.25, 0.3) is 0 Å². The third-order valence-corrected chi connectivity index (χ3v) is 5.29. The van der Waals surface area contributed by atoms with Gasteiger partial charge in [-0.2, -0.15) is 0 Å². The van der Waals surface area contributed by atoms with Gasteiger partial charge in [0.05, 0.1) is 29.4 Å². The number of carbonyl (C=O) groups excluding carboxylic acids is 2. The first-order valence-corrected chi connectivity index (χ1v) is 9.93. The standard InChI is InChI=1S/C21H21IN2O5/c1-12-17(20(25)28-3)18(24-21(26)23-12)14-9-15(22)19(16(10-14)27-2)29-11-13-7-5-4-6-8-13/h4-10,18H,11H2,1-3H3,(H2,23,24,26)/t18-/m0/s1. The number of ether oxygens (including phenoxy) is 3. The summed E-state index contributed by atoms with van der Waals surface area (Å²) < 4.78 is 17.2. The van der Waals surface area contributed by atoms with Crippen LogP contribution in [0, 0.1) is 3.57 Å². The fourth-order valence-corrected chi connectivity index (χ4v) is 3.88. The van der Waals surface area contributed by atoms with Gasteiger partial charge >= 0.3 is 12.0 Å². The molecule has 0 aliphatic carbocycles. The quantitative estimate of drug-likeness (QED) is 0.460. The summed E-state index contributed by atoms with van der Waals surface area (Å²) in [4.78, 5) is 24.3. The average Bonchev–Trinajstić information content (AvgIpc) is 2.72. The minimum atomic E-state index is -0.665. The molecule has 2 aromatic carbocycles. The molecule has 0 aromatic heterocycles. The summed E-state index contributed by atoms with van der Waals surface area (Å²) in [5, 5.41) is 5.38. The van der Waals surface area contributed by atoms with Crippen LogP contribution in [-0.2, 0) is 16.1 Å². The Morgan fingerprint density at radius 2 is 1.90 bits per heavy atom. The van der Waals surface area contributed by atoms with Gasteiger partial charge in [0, 0.05) is 5.70 Å². The number of rotatable bonds is 6. The van der Waals surface area contributed by atoms with Gasteiger partial charge in [0.2, 0.25) is 0 Å². The molecule has 2 aromatic rings. The number of nitrogens with one attached hydrogen (secondary N) is 2. The maximum atomic E-state index is 12.3. The molecule has 2 N–H and O–H groups in total. The molecule has 1 aliphatic heterocycles. The van der Waals surface area contributed by atoms with Crippen LogP contribution in [0.2, 0.25) is 0 Å². The summed E-state index contributed by atoms with van der Waals surface area (Å²) in [5.41, 5.74) is 2.51. The number of esters is 1. The summed E-state index contributed by atoms with van der Waals surface area (Å²) >= 11 is 2.15. The van der Waals surface area contributed by atoms with Gasteiger partial charge in [-0.15, -0.1) is 0 Å². The highest BCUT2D eigenvalue weighted by molar-refractivity contribution is 14.1. The highest BCUT2D eigenvalue weighted by Crippen LogP contribution is 2.38. The fourth-order valence-electron chi connectivity index (χ4n) is 3.10. The molecule has 1 atom stereocenters. The van der Waals surface area contributed by atoms with Crippen LogP contribution in [0.4, 0.5) is 4.79 Å². The van der Waals surface area contributed by atoms with Crippen molar-refractivity contribution in [2.75, 3.05) is 14.2 Å². The second-order valence-electron chi connectivity index (χ2n) is 6.37. The van der Waals surface area contributed by atoms with Crippen molar-refractivity contribution in [1.29, 1.82) is 0 Å². The predicted molar refractivity (Wildman–Crippen MR) is 116 cm³/mol. The van der Waals surface area contributed by atoms with Crippen LogP contribution in [0.3, 0.4) is 0 Å². The van der Waals surface area contributed by atoms with E-state index in [1.807, 2.05) is 36.4 Å². The molecule has 8 heteroatoms. The van der Waals surface area contributed by atoms with Crippen molar-refractivity contribution in [1.82, 2.24) is 10.6 Å². The zero-order chi connectivity index (χ0) is 21.0. The van der Waals surface area contributed by atoms with E-state index in [1.54, 1.807) is 20.1 Å². The normalized spacial score (nSPS) is 16.0. The monoisotopic (exact) mass is 508 g/mol. The number of amides is 2. The number of hydrogen-bond acceptors (Lipinski definition) is 5. The van der Waals surface area contributed by atoms with E-state index < -0.39 is 18.0 Å². The molecule has 0 fully saturated rings. The van der Waals surface area contributed by atoms with Gasteiger partial charge in [0.25, 0.3) is 0 Å². The Hall–Kier alpha value is -2.75. The van der Waals surface area contributed by atoms with Gasteiger partial charge in [0.15, 0.2) is 11.5 Å². The zero-order valence-electron chi connectivity index (χ0n) is 16.2. The minimum Gasteiger partial charge on any atom is -0.493 e. The Labute approximate surface area is 182 Å². The van der Waals surface area contributed by atoms with Gasteiger partial charge in [-0.05, 0) is 52.8 Å². The van der Waals surface area contributed by atoms with Gasteiger partial charge in [-0.3, -0.25) is 0 Å². The van der Waals surface area contributed by atoms with Crippen LogP contribution in [-0.4, -0.2) is 26.2 Å². The summed E-state index contributed by atoms with van der Waals surface area (Å²) in [7, 11) is 2.86. The van der Waals surface area contributed by atoms with Crippen molar-refractivity contribution in [3.63, 3.8) is 0 Å². The van der Waals surface area contributed by atoms with E-state index in [2.05, 4.69) is 33.2 Å². The van der Waals surface area contributed by atoms with Crippen molar-refractivity contribution in [2.24, 2.45) is 0 Å². The van der Waals surface area contributed by atoms with Crippen LogP contribution in [0.15, 0.2) is 53.7 Å². The second kappa shape index (κ2) is 9.17. The number of benzene rings is 2. The Balaban J connectivity index is 1.96. The van der Waals surface area contributed by atoms with Gasteiger partial charge in [-0.25, -0.2) is 9.59 Å². The van der Waals surface area contributed by atoms with E-state index in [4.69, 9.17) is 14.2 Å². The van der Waals surface area contributed by atoms with E-state index in [0.29, 0.717) is 34.9 Å². The smallest absolute Gasteiger partial charge is 0.337 e. The number of allylic oxidation sites excluding steroid dienone is 1. The minimum absolute atomic E-state index is 0.336. The predicted octanol–water partition coefficient (Wildman–Crippen LogP) is 3.68. The lowest BCUT2D eigenvalue weighted by Crippen LogP contribution is -2.45. The molecule has 7 nitrogen and oxygen atoms in total. The zero-order valence-corrected chi connectivity index (χ0v) is 18.4. The van der Waals surface area contributed by atoms with Crippen LogP contribution >= 0.6 is 22.6 Å².